The fraction of sp³-hybridized carbons (Fsp3) is 0. The third-order valence-electron chi connectivity index (χ3n) is 4.09. The van der Waals surface area contributed by atoms with Gasteiger partial charge in [0, 0.05) is 29.7 Å². The summed E-state index contributed by atoms with van der Waals surface area (Å²) in [7, 11) is 0. The smallest absolute Gasteiger partial charge is 0.255 e. The van der Waals surface area contributed by atoms with Crippen LogP contribution in [0.3, 0.4) is 0 Å². The summed E-state index contributed by atoms with van der Waals surface area (Å²) >= 11 is 0. The highest BCUT2D eigenvalue weighted by Crippen LogP contribution is 2.22. The van der Waals surface area contributed by atoms with Crippen molar-refractivity contribution in [2.45, 2.75) is 0 Å². The molecule has 7 heteroatoms. The highest BCUT2D eigenvalue weighted by molar-refractivity contribution is 6.04. The van der Waals surface area contributed by atoms with Gasteiger partial charge in [0.05, 0.1) is 11.6 Å². The number of carbonyl (C=O) groups is 1. The average Bonchev–Trinajstić information content (AvgIpc) is 3.30. The molecule has 0 spiro atoms. The van der Waals surface area contributed by atoms with Crippen LogP contribution in [0.5, 0.6) is 11.6 Å². The summed E-state index contributed by atoms with van der Waals surface area (Å²) in [6.45, 7) is 0. The van der Waals surface area contributed by atoms with Crippen LogP contribution in [0.2, 0.25) is 0 Å². The molecule has 1 N–H and O–H groups in total. The van der Waals surface area contributed by atoms with Gasteiger partial charge in [-0.3, -0.25) is 4.79 Å². The number of nitriles is 1. The van der Waals surface area contributed by atoms with Crippen molar-refractivity contribution in [1.82, 2.24) is 14.5 Å². The zero-order valence-corrected chi connectivity index (χ0v) is 15.2. The van der Waals surface area contributed by atoms with Crippen LogP contribution in [-0.4, -0.2) is 20.4 Å². The van der Waals surface area contributed by atoms with Gasteiger partial charge in [0.15, 0.2) is 0 Å². The van der Waals surface area contributed by atoms with Crippen molar-refractivity contribution in [2.24, 2.45) is 0 Å². The molecule has 0 saturated heterocycles. The molecular formula is C22H15N5O2. The molecular weight excluding hydrogens is 366 g/mol. The van der Waals surface area contributed by atoms with Gasteiger partial charge in [0.2, 0.25) is 5.88 Å². The monoisotopic (exact) mass is 381 g/mol. The van der Waals surface area contributed by atoms with Gasteiger partial charge in [-0.2, -0.15) is 5.26 Å². The Hall–Kier alpha value is -4.44. The summed E-state index contributed by atoms with van der Waals surface area (Å²) < 4.78 is 7.63. The minimum Gasteiger partial charge on any atom is -0.439 e. The Morgan fingerprint density at radius 3 is 2.55 bits per heavy atom. The van der Waals surface area contributed by atoms with Crippen LogP contribution in [0.25, 0.3) is 5.82 Å². The molecule has 0 atom stereocenters. The summed E-state index contributed by atoms with van der Waals surface area (Å²) in [5, 5.41) is 11.7. The maximum absolute atomic E-state index is 12.3. The van der Waals surface area contributed by atoms with Crippen LogP contribution >= 0.6 is 0 Å². The molecule has 140 valence electrons. The summed E-state index contributed by atoms with van der Waals surface area (Å²) in [5.41, 5.74) is 1.47. The summed E-state index contributed by atoms with van der Waals surface area (Å²) in [6, 6.07) is 21.0. The standard InChI is InChI=1S/C22H15N5O2/c23-14-16-4-3-5-17(12-16)22(28)26-18-6-8-19(9-7-18)29-21-13-20(24-15-25-21)27-10-1-2-11-27/h1-13,15H,(H,26,28). The van der Waals surface area contributed by atoms with E-state index in [-0.39, 0.29) is 5.91 Å². The van der Waals surface area contributed by atoms with Gasteiger partial charge >= 0.3 is 0 Å². The van der Waals surface area contributed by atoms with Crippen LogP contribution in [-0.2, 0) is 0 Å². The minimum absolute atomic E-state index is 0.289. The first kappa shape index (κ1) is 17.9. The van der Waals surface area contributed by atoms with Gasteiger partial charge in [0.1, 0.15) is 17.9 Å². The molecule has 0 fully saturated rings. The second kappa shape index (κ2) is 8.06. The third-order valence-corrected chi connectivity index (χ3v) is 4.09. The van der Waals surface area contributed by atoms with Crippen molar-refractivity contribution in [1.29, 1.82) is 5.26 Å². The van der Waals surface area contributed by atoms with Gasteiger partial charge in [-0.05, 0) is 54.6 Å². The van der Waals surface area contributed by atoms with Crippen LogP contribution in [0.15, 0.2) is 85.5 Å². The van der Waals surface area contributed by atoms with E-state index in [9.17, 15) is 4.79 Å². The van der Waals surface area contributed by atoms with Gasteiger partial charge < -0.3 is 14.6 Å². The lowest BCUT2D eigenvalue weighted by atomic mass is 10.1. The summed E-state index contributed by atoms with van der Waals surface area (Å²) in [6.07, 6.45) is 5.21. The number of nitrogens with one attached hydrogen (secondary N) is 1. The summed E-state index contributed by atoms with van der Waals surface area (Å²) in [5.74, 6) is 1.40. The van der Waals surface area contributed by atoms with E-state index in [2.05, 4.69) is 15.3 Å². The van der Waals surface area contributed by atoms with Crippen molar-refractivity contribution < 1.29 is 9.53 Å². The van der Waals surface area contributed by atoms with E-state index in [1.165, 1.54) is 6.33 Å². The maximum atomic E-state index is 12.3. The molecule has 0 bridgehead atoms. The van der Waals surface area contributed by atoms with E-state index < -0.39 is 0 Å². The van der Waals surface area contributed by atoms with E-state index in [0.717, 1.165) is 0 Å². The molecule has 0 aliphatic heterocycles. The Morgan fingerprint density at radius 1 is 1.00 bits per heavy atom. The van der Waals surface area contributed by atoms with E-state index in [1.54, 1.807) is 54.6 Å². The lowest BCUT2D eigenvalue weighted by Gasteiger charge is -2.09. The number of anilines is 1. The molecule has 2 heterocycles. The molecule has 4 rings (SSSR count). The lowest BCUT2D eigenvalue weighted by Crippen LogP contribution is -2.11. The first-order chi connectivity index (χ1) is 14.2. The number of benzene rings is 2. The van der Waals surface area contributed by atoms with Crippen molar-refractivity contribution in [3.63, 3.8) is 0 Å². The summed E-state index contributed by atoms with van der Waals surface area (Å²) in [4.78, 5) is 20.7. The molecule has 0 saturated carbocycles. The quantitative estimate of drug-likeness (QED) is 0.560. The number of amides is 1. The second-order valence-corrected chi connectivity index (χ2v) is 6.08. The van der Waals surface area contributed by atoms with Gasteiger partial charge in [0.25, 0.3) is 5.91 Å². The van der Waals surface area contributed by atoms with E-state index in [0.29, 0.717) is 34.3 Å². The van der Waals surface area contributed by atoms with Gasteiger partial charge in [-0.15, -0.1) is 0 Å². The normalized spacial score (nSPS) is 10.2. The largest absolute Gasteiger partial charge is 0.439 e. The number of rotatable bonds is 5. The molecule has 0 radical (unpaired) electrons. The third kappa shape index (κ3) is 4.28. The molecule has 7 nitrogen and oxygen atoms in total. The Kier molecular flexibility index (Phi) is 4.99. The molecule has 0 aliphatic rings. The zero-order valence-electron chi connectivity index (χ0n) is 15.2. The van der Waals surface area contributed by atoms with Crippen LogP contribution < -0.4 is 10.1 Å². The molecule has 2 aromatic heterocycles. The fourth-order valence-corrected chi connectivity index (χ4v) is 2.67. The molecule has 29 heavy (non-hydrogen) atoms. The number of hydrogen-bond donors (Lipinski definition) is 1. The number of ether oxygens (including phenoxy) is 1. The Morgan fingerprint density at radius 2 is 1.79 bits per heavy atom. The van der Waals surface area contributed by atoms with E-state index in [4.69, 9.17) is 10.00 Å². The van der Waals surface area contributed by atoms with Crippen LogP contribution in [0, 0.1) is 11.3 Å². The zero-order chi connectivity index (χ0) is 20.1. The van der Waals surface area contributed by atoms with Crippen molar-refractivity contribution in [3.8, 4) is 23.5 Å². The molecule has 2 aromatic carbocycles. The number of nitrogens with zero attached hydrogens (tertiary/aromatic N) is 4. The predicted molar refractivity (Wildman–Crippen MR) is 107 cm³/mol. The second-order valence-electron chi connectivity index (χ2n) is 6.08. The Balaban J connectivity index is 1.44. The Labute approximate surface area is 166 Å². The maximum Gasteiger partial charge on any atom is 0.255 e. The van der Waals surface area contributed by atoms with Crippen molar-refractivity contribution in [2.75, 3.05) is 5.32 Å². The van der Waals surface area contributed by atoms with Gasteiger partial charge in [-0.1, -0.05) is 6.07 Å². The molecule has 1 amide bonds. The predicted octanol–water partition coefficient (Wildman–Crippen LogP) is 4.18. The highest BCUT2D eigenvalue weighted by atomic mass is 16.5. The lowest BCUT2D eigenvalue weighted by molar-refractivity contribution is 0.102. The van der Waals surface area contributed by atoms with Crippen molar-refractivity contribution >= 4 is 11.6 Å². The van der Waals surface area contributed by atoms with E-state index in [1.807, 2.05) is 35.2 Å². The average molecular weight is 381 g/mol. The SMILES string of the molecule is N#Cc1cccc(C(=O)Nc2ccc(Oc3cc(-n4cccc4)ncn3)cc2)c1. The first-order valence-corrected chi connectivity index (χ1v) is 8.76. The van der Waals surface area contributed by atoms with Crippen LogP contribution in [0.1, 0.15) is 15.9 Å². The van der Waals surface area contributed by atoms with Gasteiger partial charge in [-0.25, -0.2) is 9.97 Å². The number of aromatic nitrogens is 3. The van der Waals surface area contributed by atoms with E-state index >= 15 is 0 Å². The molecule has 0 unspecified atom stereocenters. The fourth-order valence-electron chi connectivity index (χ4n) is 2.67. The first-order valence-electron chi connectivity index (χ1n) is 8.76. The topological polar surface area (TPSA) is 92.8 Å². The minimum atomic E-state index is -0.289. The van der Waals surface area contributed by atoms with Crippen LogP contribution in [0.4, 0.5) is 5.69 Å². The van der Waals surface area contributed by atoms with Crippen molar-refractivity contribution in [3.05, 3.63) is 96.6 Å². The molecule has 0 aliphatic carbocycles. The highest BCUT2D eigenvalue weighted by Gasteiger charge is 2.08. The molecule has 4 aromatic rings. The number of hydrogen-bond acceptors (Lipinski definition) is 5. The number of carbonyl (C=O) groups excluding carboxylic acids is 1. The Bertz CT molecular complexity index is 1180.